The van der Waals surface area contributed by atoms with Crippen LogP contribution in [0.5, 0.6) is 0 Å². The van der Waals surface area contributed by atoms with Crippen molar-refractivity contribution >= 4 is 18.0 Å². The van der Waals surface area contributed by atoms with Crippen LogP contribution < -0.4 is 0 Å². The third-order valence-electron chi connectivity index (χ3n) is 1.43. The first-order chi connectivity index (χ1) is 5.99. The van der Waals surface area contributed by atoms with E-state index < -0.39 is 11.9 Å². The number of carbonyl (C=O) groups is 2. The van der Waals surface area contributed by atoms with E-state index in [1.54, 1.807) is 31.8 Å². The van der Waals surface area contributed by atoms with Gasteiger partial charge in [-0.2, -0.15) is 0 Å². The summed E-state index contributed by atoms with van der Waals surface area (Å²) in [5.41, 5.74) is 0. The van der Waals surface area contributed by atoms with Crippen molar-refractivity contribution in [3.63, 3.8) is 0 Å². The SMILES string of the molecule is CCOC(=O)C(C=[N+](C)C)C(C)=O. The van der Waals surface area contributed by atoms with E-state index in [9.17, 15) is 9.59 Å². The summed E-state index contributed by atoms with van der Waals surface area (Å²) in [7, 11) is 3.52. The van der Waals surface area contributed by atoms with E-state index in [-0.39, 0.29) is 5.78 Å². The van der Waals surface area contributed by atoms with Gasteiger partial charge >= 0.3 is 5.97 Å². The molecule has 0 fully saturated rings. The maximum Gasteiger partial charge on any atom is 0.326 e. The Balaban J connectivity index is 4.52. The molecule has 0 amide bonds. The van der Waals surface area contributed by atoms with E-state index in [0.717, 1.165) is 0 Å². The molecular formula is C9H16NO3+. The molecule has 0 aliphatic rings. The summed E-state index contributed by atoms with van der Waals surface area (Å²) in [6.45, 7) is 3.39. The maximum atomic E-state index is 11.2. The van der Waals surface area contributed by atoms with Gasteiger partial charge in [0.05, 0.1) is 6.61 Å². The Hall–Kier alpha value is -1.19. The van der Waals surface area contributed by atoms with Gasteiger partial charge in [-0.25, -0.2) is 4.58 Å². The van der Waals surface area contributed by atoms with Crippen molar-refractivity contribution in [2.75, 3.05) is 20.7 Å². The Morgan fingerprint density at radius 2 is 2.00 bits per heavy atom. The van der Waals surface area contributed by atoms with Gasteiger partial charge in [0, 0.05) is 0 Å². The average molecular weight is 186 g/mol. The number of Topliss-reactive ketones (excluding diaryl/α,β-unsaturated/α-hetero) is 1. The summed E-state index contributed by atoms with van der Waals surface area (Å²) in [5.74, 6) is -1.45. The molecule has 74 valence electrons. The van der Waals surface area contributed by atoms with E-state index in [1.807, 2.05) is 0 Å². The highest BCUT2D eigenvalue weighted by Gasteiger charge is 2.25. The first-order valence-electron chi connectivity index (χ1n) is 4.17. The summed E-state index contributed by atoms with van der Waals surface area (Å²) in [6, 6.07) is 0. The zero-order valence-electron chi connectivity index (χ0n) is 8.53. The minimum Gasteiger partial charge on any atom is -0.465 e. The Labute approximate surface area is 78.2 Å². The summed E-state index contributed by atoms with van der Waals surface area (Å²) in [6.07, 6.45) is 1.54. The minimum atomic E-state index is -0.769. The second kappa shape index (κ2) is 5.45. The molecule has 0 spiro atoms. The molecule has 0 aliphatic heterocycles. The van der Waals surface area contributed by atoms with Crippen LogP contribution in [0, 0.1) is 5.92 Å². The van der Waals surface area contributed by atoms with Crippen molar-refractivity contribution in [3.05, 3.63) is 0 Å². The summed E-state index contributed by atoms with van der Waals surface area (Å²) < 4.78 is 6.42. The Morgan fingerprint density at radius 3 is 2.31 bits per heavy atom. The molecule has 0 aromatic heterocycles. The fourth-order valence-electron chi connectivity index (χ4n) is 0.862. The summed E-state index contributed by atoms with van der Waals surface area (Å²) in [4.78, 5) is 22.3. The van der Waals surface area contributed by atoms with Crippen LogP contribution in [0.25, 0.3) is 0 Å². The molecule has 0 radical (unpaired) electrons. The molecule has 13 heavy (non-hydrogen) atoms. The van der Waals surface area contributed by atoms with Gasteiger partial charge in [0.2, 0.25) is 0 Å². The van der Waals surface area contributed by atoms with Crippen LogP contribution in [0.15, 0.2) is 0 Å². The smallest absolute Gasteiger partial charge is 0.326 e. The second-order valence-corrected chi connectivity index (χ2v) is 2.95. The number of carbonyl (C=O) groups excluding carboxylic acids is 2. The standard InChI is InChI=1S/C9H16NO3/c1-5-13-9(12)8(7(2)11)6-10(3)4/h6,8H,5H2,1-4H3/q+1. The molecule has 4 heteroatoms. The molecule has 0 bridgehead atoms. The van der Waals surface area contributed by atoms with Gasteiger partial charge in [-0.1, -0.05) is 0 Å². The van der Waals surface area contributed by atoms with Crippen molar-refractivity contribution in [2.45, 2.75) is 13.8 Å². The molecule has 0 N–H and O–H groups in total. The predicted octanol–water partition coefficient (Wildman–Crippen LogP) is 0.0976. The third-order valence-corrected chi connectivity index (χ3v) is 1.43. The number of rotatable bonds is 4. The number of hydrogen-bond donors (Lipinski definition) is 0. The Bertz CT molecular complexity index is 229. The molecule has 0 heterocycles. The first-order valence-corrected chi connectivity index (χ1v) is 4.17. The highest BCUT2D eigenvalue weighted by Crippen LogP contribution is 1.98. The molecule has 0 saturated heterocycles. The van der Waals surface area contributed by atoms with Crippen LogP contribution in [0.4, 0.5) is 0 Å². The van der Waals surface area contributed by atoms with Gasteiger partial charge in [0.25, 0.3) is 0 Å². The van der Waals surface area contributed by atoms with Crippen LogP contribution >= 0.6 is 0 Å². The number of ketones is 1. The van der Waals surface area contributed by atoms with Crippen molar-refractivity contribution in [3.8, 4) is 0 Å². The van der Waals surface area contributed by atoms with E-state index in [4.69, 9.17) is 4.74 Å². The van der Waals surface area contributed by atoms with E-state index >= 15 is 0 Å². The normalized spacial score (nSPS) is 11.7. The number of hydrogen-bond acceptors (Lipinski definition) is 3. The predicted molar refractivity (Wildman–Crippen MR) is 49.0 cm³/mol. The minimum absolute atomic E-state index is 0.202. The fraction of sp³-hybridized carbons (Fsp3) is 0.667. The third kappa shape index (κ3) is 4.40. The second-order valence-electron chi connectivity index (χ2n) is 2.95. The highest BCUT2D eigenvalue weighted by atomic mass is 16.5. The van der Waals surface area contributed by atoms with Gasteiger partial charge in [-0.05, 0) is 13.8 Å². The van der Waals surface area contributed by atoms with Crippen molar-refractivity contribution in [1.82, 2.24) is 0 Å². The van der Waals surface area contributed by atoms with Crippen LogP contribution in [-0.2, 0) is 14.3 Å². The van der Waals surface area contributed by atoms with Crippen molar-refractivity contribution in [1.29, 1.82) is 0 Å². The van der Waals surface area contributed by atoms with Gasteiger partial charge in [-0.3, -0.25) is 9.59 Å². The zero-order chi connectivity index (χ0) is 10.4. The Kier molecular flexibility index (Phi) is 4.96. The molecule has 0 aliphatic carbocycles. The maximum absolute atomic E-state index is 11.2. The van der Waals surface area contributed by atoms with Gasteiger partial charge in [0.1, 0.15) is 14.1 Å². The molecule has 0 rings (SSSR count). The molecule has 4 nitrogen and oxygen atoms in total. The number of nitrogens with zero attached hydrogens (tertiary/aromatic N) is 1. The summed E-state index contributed by atoms with van der Waals surface area (Å²) >= 11 is 0. The number of esters is 1. The quantitative estimate of drug-likeness (QED) is 0.271. The van der Waals surface area contributed by atoms with Crippen LogP contribution in [0.2, 0.25) is 0 Å². The Morgan fingerprint density at radius 1 is 1.46 bits per heavy atom. The van der Waals surface area contributed by atoms with Gasteiger partial charge in [0.15, 0.2) is 17.9 Å². The van der Waals surface area contributed by atoms with Crippen LogP contribution in [-0.4, -0.2) is 43.2 Å². The fourth-order valence-corrected chi connectivity index (χ4v) is 0.862. The van der Waals surface area contributed by atoms with Crippen LogP contribution in [0.1, 0.15) is 13.8 Å². The molecule has 0 aromatic rings. The largest absolute Gasteiger partial charge is 0.465 e. The van der Waals surface area contributed by atoms with Crippen LogP contribution in [0.3, 0.4) is 0 Å². The molecule has 0 saturated carbocycles. The van der Waals surface area contributed by atoms with E-state index in [1.165, 1.54) is 6.92 Å². The highest BCUT2D eigenvalue weighted by molar-refractivity contribution is 6.10. The van der Waals surface area contributed by atoms with E-state index in [2.05, 4.69) is 0 Å². The molecule has 0 aromatic carbocycles. The monoisotopic (exact) mass is 186 g/mol. The lowest BCUT2D eigenvalue weighted by Crippen LogP contribution is -2.28. The lowest BCUT2D eigenvalue weighted by Gasteiger charge is -2.05. The zero-order valence-corrected chi connectivity index (χ0v) is 8.53. The molecule has 1 atom stereocenters. The van der Waals surface area contributed by atoms with Gasteiger partial charge in [-0.15, -0.1) is 0 Å². The van der Waals surface area contributed by atoms with Crippen molar-refractivity contribution < 1.29 is 18.9 Å². The number of ether oxygens (including phenoxy) is 1. The molecular weight excluding hydrogens is 170 g/mol. The lowest BCUT2D eigenvalue weighted by atomic mass is 10.1. The van der Waals surface area contributed by atoms with Gasteiger partial charge < -0.3 is 4.74 Å². The molecule has 1 unspecified atom stereocenters. The van der Waals surface area contributed by atoms with E-state index in [0.29, 0.717) is 6.61 Å². The first kappa shape index (κ1) is 11.8. The topological polar surface area (TPSA) is 46.4 Å². The summed E-state index contributed by atoms with van der Waals surface area (Å²) in [5, 5.41) is 0. The lowest BCUT2D eigenvalue weighted by molar-refractivity contribution is -0.461. The van der Waals surface area contributed by atoms with Crippen molar-refractivity contribution in [2.24, 2.45) is 5.92 Å². The average Bonchev–Trinajstić information content (AvgIpc) is 1.99.